The van der Waals surface area contributed by atoms with Gasteiger partial charge in [0.25, 0.3) is 0 Å². The molecule has 1 heterocycles. The van der Waals surface area contributed by atoms with Gasteiger partial charge in [-0.25, -0.2) is 0 Å². The van der Waals surface area contributed by atoms with E-state index in [1.54, 1.807) is 0 Å². The van der Waals surface area contributed by atoms with E-state index in [1.807, 2.05) is 19.4 Å². The summed E-state index contributed by atoms with van der Waals surface area (Å²) in [7, 11) is 2.02. The molecule has 1 aromatic carbocycles. The minimum atomic E-state index is 0.581. The Labute approximate surface area is 129 Å². The zero-order valence-corrected chi connectivity index (χ0v) is 13.7. The molecule has 1 atom stereocenters. The molecular weight excluding hydrogens is 312 g/mol. The molecule has 20 heavy (non-hydrogen) atoms. The van der Waals surface area contributed by atoms with Crippen LogP contribution < -0.4 is 5.32 Å². The highest BCUT2D eigenvalue weighted by Gasteiger charge is 2.12. The van der Waals surface area contributed by atoms with Gasteiger partial charge in [0.1, 0.15) is 0 Å². The lowest BCUT2D eigenvalue weighted by Crippen LogP contribution is -2.23. The number of pyridine rings is 1. The summed E-state index contributed by atoms with van der Waals surface area (Å²) in [6.45, 7) is 3.20. The van der Waals surface area contributed by atoms with Crippen LogP contribution in [0.4, 0.5) is 0 Å². The normalized spacial score (nSPS) is 12.3. The van der Waals surface area contributed by atoms with E-state index in [1.165, 1.54) is 16.7 Å². The maximum atomic E-state index is 4.25. The van der Waals surface area contributed by atoms with Crippen LogP contribution in [0.15, 0.2) is 47.2 Å². The Bertz CT molecular complexity index is 554. The van der Waals surface area contributed by atoms with Crippen LogP contribution in [0.25, 0.3) is 0 Å². The lowest BCUT2D eigenvalue weighted by atomic mass is 9.91. The van der Waals surface area contributed by atoms with Crippen molar-refractivity contribution in [3.05, 3.63) is 63.9 Å². The molecule has 2 rings (SSSR count). The van der Waals surface area contributed by atoms with E-state index in [-0.39, 0.29) is 0 Å². The third kappa shape index (κ3) is 4.43. The maximum absolute atomic E-state index is 4.25. The first kappa shape index (κ1) is 15.2. The van der Waals surface area contributed by atoms with E-state index in [4.69, 9.17) is 0 Å². The van der Waals surface area contributed by atoms with Gasteiger partial charge >= 0.3 is 0 Å². The molecule has 0 bridgehead atoms. The van der Waals surface area contributed by atoms with Gasteiger partial charge in [0.15, 0.2) is 0 Å². The SMILES string of the molecule is CNCC(Cc1cncc(Br)c1)Cc1ccccc1C. The third-order valence-corrected chi connectivity index (χ3v) is 3.98. The second-order valence-corrected chi connectivity index (χ2v) is 6.19. The summed E-state index contributed by atoms with van der Waals surface area (Å²) in [5, 5.41) is 3.31. The van der Waals surface area contributed by atoms with E-state index in [0.29, 0.717) is 5.92 Å². The molecule has 0 saturated heterocycles. The summed E-state index contributed by atoms with van der Waals surface area (Å²) in [4.78, 5) is 4.25. The molecule has 0 aliphatic rings. The average Bonchev–Trinajstić information content (AvgIpc) is 2.42. The summed E-state index contributed by atoms with van der Waals surface area (Å²) < 4.78 is 1.05. The van der Waals surface area contributed by atoms with E-state index >= 15 is 0 Å². The van der Waals surface area contributed by atoms with Crippen LogP contribution in [0, 0.1) is 12.8 Å². The van der Waals surface area contributed by atoms with Gasteiger partial charge in [-0.05, 0) is 78.0 Å². The standard InChI is InChI=1S/C17H21BrN2/c1-13-5-3-4-6-16(13)8-14(10-19-2)7-15-9-17(18)12-20-11-15/h3-6,9,11-12,14,19H,7-8,10H2,1-2H3. The molecule has 0 spiro atoms. The Morgan fingerprint density at radius 2 is 2.00 bits per heavy atom. The van der Waals surface area contributed by atoms with Gasteiger partial charge in [0, 0.05) is 16.9 Å². The fourth-order valence-corrected chi connectivity index (χ4v) is 2.97. The molecule has 0 aliphatic carbocycles. The quantitative estimate of drug-likeness (QED) is 0.870. The smallest absolute Gasteiger partial charge is 0.0410 e. The highest BCUT2D eigenvalue weighted by molar-refractivity contribution is 9.10. The summed E-state index contributed by atoms with van der Waals surface area (Å²) in [5.41, 5.74) is 4.10. The highest BCUT2D eigenvalue weighted by atomic mass is 79.9. The van der Waals surface area contributed by atoms with Gasteiger partial charge in [0.05, 0.1) is 0 Å². The zero-order valence-electron chi connectivity index (χ0n) is 12.1. The Kier molecular flexibility index (Phi) is 5.74. The Hall–Kier alpha value is -1.19. The highest BCUT2D eigenvalue weighted by Crippen LogP contribution is 2.18. The number of benzene rings is 1. The van der Waals surface area contributed by atoms with Crippen molar-refractivity contribution in [3.63, 3.8) is 0 Å². The first-order valence-corrected chi connectivity index (χ1v) is 7.77. The third-order valence-electron chi connectivity index (χ3n) is 3.55. The van der Waals surface area contributed by atoms with Crippen molar-refractivity contribution in [2.45, 2.75) is 19.8 Å². The first-order valence-electron chi connectivity index (χ1n) is 6.97. The molecular formula is C17H21BrN2. The minimum Gasteiger partial charge on any atom is -0.319 e. The lowest BCUT2D eigenvalue weighted by Gasteiger charge is -2.18. The summed E-state index contributed by atoms with van der Waals surface area (Å²) in [5.74, 6) is 0.581. The summed E-state index contributed by atoms with van der Waals surface area (Å²) >= 11 is 3.49. The van der Waals surface area contributed by atoms with Crippen LogP contribution in [0.5, 0.6) is 0 Å². The molecule has 2 nitrogen and oxygen atoms in total. The molecule has 1 aromatic heterocycles. The van der Waals surface area contributed by atoms with Gasteiger partial charge in [-0.1, -0.05) is 24.3 Å². The molecule has 0 radical (unpaired) electrons. The van der Waals surface area contributed by atoms with Crippen molar-refractivity contribution < 1.29 is 0 Å². The number of hydrogen-bond acceptors (Lipinski definition) is 2. The van der Waals surface area contributed by atoms with Gasteiger partial charge in [-0.3, -0.25) is 4.98 Å². The van der Waals surface area contributed by atoms with Crippen LogP contribution in [-0.4, -0.2) is 18.6 Å². The number of aryl methyl sites for hydroxylation is 1. The Morgan fingerprint density at radius 3 is 2.70 bits per heavy atom. The van der Waals surface area contributed by atoms with Crippen molar-refractivity contribution in [2.24, 2.45) is 5.92 Å². The molecule has 3 heteroatoms. The molecule has 2 aromatic rings. The molecule has 0 amide bonds. The van der Waals surface area contributed by atoms with E-state index in [9.17, 15) is 0 Å². The summed E-state index contributed by atoms with van der Waals surface area (Å²) in [6, 6.07) is 10.8. The molecule has 1 unspecified atom stereocenters. The van der Waals surface area contributed by atoms with Crippen LogP contribution in [0.3, 0.4) is 0 Å². The molecule has 106 valence electrons. The van der Waals surface area contributed by atoms with E-state index in [2.05, 4.69) is 63.5 Å². The molecule has 0 fully saturated rings. The van der Waals surface area contributed by atoms with Gasteiger partial charge in [0.2, 0.25) is 0 Å². The Balaban J connectivity index is 2.09. The van der Waals surface area contributed by atoms with E-state index in [0.717, 1.165) is 23.9 Å². The number of rotatable bonds is 6. The molecule has 0 saturated carbocycles. The predicted octanol–water partition coefficient (Wildman–Crippen LogP) is 3.77. The average molecular weight is 333 g/mol. The topological polar surface area (TPSA) is 24.9 Å². The number of halogens is 1. The fourth-order valence-electron chi connectivity index (χ4n) is 2.56. The predicted molar refractivity (Wildman–Crippen MR) is 87.9 cm³/mol. The van der Waals surface area contributed by atoms with Gasteiger partial charge in [-0.15, -0.1) is 0 Å². The molecule has 1 N–H and O–H groups in total. The zero-order chi connectivity index (χ0) is 14.4. The van der Waals surface area contributed by atoms with Crippen molar-refractivity contribution in [1.29, 1.82) is 0 Å². The fraction of sp³-hybridized carbons (Fsp3) is 0.353. The van der Waals surface area contributed by atoms with Crippen LogP contribution in [-0.2, 0) is 12.8 Å². The largest absolute Gasteiger partial charge is 0.319 e. The lowest BCUT2D eigenvalue weighted by molar-refractivity contribution is 0.491. The van der Waals surface area contributed by atoms with Gasteiger partial charge in [-0.2, -0.15) is 0 Å². The summed E-state index contributed by atoms with van der Waals surface area (Å²) in [6.07, 6.45) is 5.94. The number of nitrogens with zero attached hydrogens (tertiary/aromatic N) is 1. The monoisotopic (exact) mass is 332 g/mol. The number of nitrogens with one attached hydrogen (secondary N) is 1. The van der Waals surface area contributed by atoms with Crippen molar-refractivity contribution in [2.75, 3.05) is 13.6 Å². The maximum Gasteiger partial charge on any atom is 0.0410 e. The van der Waals surface area contributed by atoms with Crippen molar-refractivity contribution >= 4 is 15.9 Å². The first-order chi connectivity index (χ1) is 9.69. The van der Waals surface area contributed by atoms with Gasteiger partial charge < -0.3 is 5.32 Å². The van der Waals surface area contributed by atoms with Crippen molar-refractivity contribution in [1.82, 2.24) is 10.3 Å². The minimum absolute atomic E-state index is 0.581. The van der Waals surface area contributed by atoms with Crippen LogP contribution in [0.2, 0.25) is 0 Å². The van der Waals surface area contributed by atoms with E-state index < -0.39 is 0 Å². The van der Waals surface area contributed by atoms with Crippen LogP contribution >= 0.6 is 15.9 Å². The molecule has 0 aliphatic heterocycles. The second kappa shape index (κ2) is 7.55. The Morgan fingerprint density at radius 1 is 1.20 bits per heavy atom. The van der Waals surface area contributed by atoms with Crippen LogP contribution in [0.1, 0.15) is 16.7 Å². The second-order valence-electron chi connectivity index (χ2n) is 5.27. The van der Waals surface area contributed by atoms with Crippen molar-refractivity contribution in [3.8, 4) is 0 Å². The number of aromatic nitrogens is 1. The number of hydrogen-bond donors (Lipinski definition) is 1.